The van der Waals surface area contributed by atoms with Crippen LogP contribution in [0.3, 0.4) is 0 Å². The lowest BCUT2D eigenvalue weighted by Crippen LogP contribution is -2.56. The molecule has 1 aliphatic carbocycles. The van der Waals surface area contributed by atoms with Gasteiger partial charge in [-0.25, -0.2) is 0 Å². The Morgan fingerprint density at radius 1 is 0.872 bits per heavy atom. The second-order valence-corrected chi connectivity index (χ2v) is 10.1. The Morgan fingerprint density at radius 2 is 1.56 bits per heavy atom. The Balaban J connectivity index is 1.50. The maximum atomic E-state index is 14.0. The zero-order valence-electron chi connectivity index (χ0n) is 21.9. The van der Waals surface area contributed by atoms with Crippen LogP contribution < -0.4 is 19.9 Å². The van der Waals surface area contributed by atoms with Gasteiger partial charge in [-0.3, -0.25) is 19.3 Å². The molecule has 6 rings (SSSR count). The van der Waals surface area contributed by atoms with Crippen molar-refractivity contribution in [3.05, 3.63) is 130 Å². The number of aromatic nitrogens is 1. The van der Waals surface area contributed by atoms with E-state index in [0.29, 0.717) is 19.1 Å². The third kappa shape index (κ3) is 5.00. The van der Waals surface area contributed by atoms with Crippen molar-refractivity contribution in [1.29, 1.82) is 0 Å². The molecule has 1 saturated carbocycles. The topological polar surface area (TPSA) is 64.0 Å². The molecular formula is C32H31N3O4. The third-order valence-electron chi connectivity index (χ3n) is 7.37. The number of ether oxygens (including phenoxy) is 2. The van der Waals surface area contributed by atoms with Crippen LogP contribution in [0.5, 0.6) is 11.5 Å². The summed E-state index contributed by atoms with van der Waals surface area (Å²) in [5.74, 6) is 1.11. The van der Waals surface area contributed by atoms with E-state index in [1.165, 1.54) is 6.07 Å². The molecule has 3 aromatic carbocycles. The van der Waals surface area contributed by atoms with E-state index in [9.17, 15) is 9.59 Å². The summed E-state index contributed by atoms with van der Waals surface area (Å²) < 4.78 is 13.7. The Hall–Kier alpha value is -4.52. The monoisotopic (exact) mass is 521 g/mol. The number of carbonyl (C=O) groups excluding carboxylic acids is 1. The van der Waals surface area contributed by atoms with Crippen LogP contribution in [0.2, 0.25) is 0 Å². The molecule has 2 aliphatic rings. The van der Waals surface area contributed by atoms with Crippen LogP contribution in [0, 0.1) is 5.92 Å². The van der Waals surface area contributed by atoms with Crippen LogP contribution in [-0.4, -0.2) is 35.8 Å². The summed E-state index contributed by atoms with van der Waals surface area (Å²) in [6.45, 7) is 1.20. The number of benzene rings is 3. The minimum atomic E-state index is -0.313. The van der Waals surface area contributed by atoms with E-state index in [2.05, 4.69) is 17.1 Å². The van der Waals surface area contributed by atoms with E-state index in [0.717, 1.165) is 35.3 Å². The van der Waals surface area contributed by atoms with Gasteiger partial charge in [0.25, 0.3) is 5.91 Å². The van der Waals surface area contributed by atoms with Gasteiger partial charge < -0.3 is 14.4 Å². The van der Waals surface area contributed by atoms with Crippen LogP contribution in [0.1, 0.15) is 46.1 Å². The van der Waals surface area contributed by atoms with Gasteiger partial charge in [-0.1, -0.05) is 78.9 Å². The molecule has 39 heavy (non-hydrogen) atoms. The summed E-state index contributed by atoms with van der Waals surface area (Å²) in [4.78, 5) is 29.0. The smallest absolute Gasteiger partial charge is 0.277 e. The lowest BCUT2D eigenvalue weighted by Gasteiger charge is -2.44. The fourth-order valence-corrected chi connectivity index (χ4v) is 5.24. The summed E-state index contributed by atoms with van der Waals surface area (Å²) in [6.07, 6.45) is 3.90. The highest BCUT2D eigenvalue weighted by molar-refractivity contribution is 5.96. The first-order valence-electron chi connectivity index (χ1n) is 13.3. The zero-order chi connectivity index (χ0) is 26.8. The molecule has 1 aromatic heterocycles. The highest BCUT2D eigenvalue weighted by Gasteiger charge is 2.39. The summed E-state index contributed by atoms with van der Waals surface area (Å²) in [5, 5.41) is 2.13. The van der Waals surface area contributed by atoms with Crippen LogP contribution >= 0.6 is 0 Å². The van der Waals surface area contributed by atoms with Crippen LogP contribution in [0.4, 0.5) is 0 Å². The largest absolute Gasteiger partial charge is 0.496 e. The number of amides is 1. The second-order valence-electron chi connectivity index (χ2n) is 10.1. The number of nitrogens with zero attached hydrogens (tertiary/aromatic N) is 3. The predicted octanol–water partition coefficient (Wildman–Crippen LogP) is 4.99. The summed E-state index contributed by atoms with van der Waals surface area (Å²) in [5.41, 5.74) is 2.86. The van der Waals surface area contributed by atoms with Gasteiger partial charge in [-0.2, -0.15) is 0 Å². The molecule has 0 unspecified atom stereocenters. The first-order valence-corrected chi connectivity index (χ1v) is 13.3. The van der Waals surface area contributed by atoms with Crippen molar-refractivity contribution in [2.24, 2.45) is 5.92 Å². The minimum absolute atomic E-state index is 0.0729. The number of pyridine rings is 1. The molecule has 1 fully saturated rings. The number of methoxy groups -OCH3 is 1. The highest BCUT2D eigenvalue weighted by Crippen LogP contribution is 2.38. The molecule has 0 bridgehead atoms. The van der Waals surface area contributed by atoms with E-state index in [1.54, 1.807) is 18.0 Å². The summed E-state index contributed by atoms with van der Waals surface area (Å²) in [7, 11) is 1.67. The molecule has 1 aliphatic heterocycles. The van der Waals surface area contributed by atoms with Gasteiger partial charge in [0.15, 0.2) is 11.4 Å². The van der Waals surface area contributed by atoms with Crippen LogP contribution in [0.25, 0.3) is 0 Å². The lowest BCUT2D eigenvalue weighted by atomic mass is 9.97. The average molecular weight is 522 g/mol. The number of carbonyl (C=O) groups is 1. The third-order valence-corrected chi connectivity index (χ3v) is 7.37. The highest BCUT2D eigenvalue weighted by atomic mass is 16.5. The molecule has 1 amide bonds. The maximum Gasteiger partial charge on any atom is 0.277 e. The van der Waals surface area contributed by atoms with Crippen molar-refractivity contribution >= 4 is 5.91 Å². The van der Waals surface area contributed by atoms with E-state index in [-0.39, 0.29) is 35.4 Å². The molecular weight excluding hydrogens is 490 g/mol. The van der Waals surface area contributed by atoms with Crippen molar-refractivity contribution in [3.8, 4) is 11.5 Å². The maximum absolute atomic E-state index is 14.0. The molecule has 0 N–H and O–H groups in total. The first kappa shape index (κ1) is 24.8. The second kappa shape index (κ2) is 10.7. The summed E-state index contributed by atoms with van der Waals surface area (Å²) >= 11 is 0. The van der Waals surface area contributed by atoms with Gasteiger partial charge in [0, 0.05) is 24.4 Å². The molecule has 1 atom stereocenters. The van der Waals surface area contributed by atoms with Crippen molar-refractivity contribution in [2.45, 2.75) is 25.5 Å². The molecule has 7 heteroatoms. The van der Waals surface area contributed by atoms with Gasteiger partial charge in [-0.15, -0.1) is 0 Å². The molecule has 198 valence electrons. The fraction of sp³-hybridized carbons (Fsp3) is 0.250. The van der Waals surface area contributed by atoms with E-state index in [1.807, 2.05) is 77.7 Å². The van der Waals surface area contributed by atoms with Gasteiger partial charge in [0.05, 0.1) is 7.11 Å². The molecule has 0 radical (unpaired) electrons. The lowest BCUT2D eigenvalue weighted by molar-refractivity contribution is 0.0667. The number of fused-ring (bicyclic) bond motifs is 1. The number of hydrogen-bond acceptors (Lipinski definition) is 5. The van der Waals surface area contributed by atoms with Gasteiger partial charge >= 0.3 is 0 Å². The van der Waals surface area contributed by atoms with Crippen molar-refractivity contribution in [2.75, 3.05) is 25.3 Å². The molecule has 0 spiro atoms. The van der Waals surface area contributed by atoms with E-state index in [4.69, 9.17) is 9.47 Å². The fourth-order valence-electron chi connectivity index (χ4n) is 5.24. The zero-order valence-corrected chi connectivity index (χ0v) is 21.9. The first-order chi connectivity index (χ1) is 19.1. The Morgan fingerprint density at radius 3 is 2.28 bits per heavy atom. The number of para-hydroxylation sites is 1. The molecule has 7 nitrogen and oxygen atoms in total. The minimum Gasteiger partial charge on any atom is -0.496 e. The SMILES string of the molecule is COc1ccccc1[C@H](c1ccccc1)N1CN(CC2CC2)C(=O)c2c(OCc3ccccc3)c(=O)ccn21. The van der Waals surface area contributed by atoms with Crippen molar-refractivity contribution in [3.63, 3.8) is 0 Å². The molecule has 0 saturated heterocycles. The quantitative estimate of drug-likeness (QED) is 0.311. The number of rotatable bonds is 9. The van der Waals surface area contributed by atoms with Gasteiger partial charge in [0.1, 0.15) is 25.1 Å². The van der Waals surface area contributed by atoms with Crippen molar-refractivity contribution < 1.29 is 14.3 Å². The molecule has 4 aromatic rings. The standard InChI is InChI=1S/C32H31N3O4/c1-38-28-15-9-8-14-26(28)29(25-12-6-3-7-13-25)35-22-33(20-23-16-17-23)32(37)30-31(27(36)18-19-34(30)35)39-21-24-10-4-2-5-11-24/h2-15,18-19,23,29H,16-17,20-22H2,1H3/t29-/m0/s1. The predicted molar refractivity (Wildman–Crippen MR) is 150 cm³/mol. The van der Waals surface area contributed by atoms with E-state index >= 15 is 0 Å². The molecule has 2 heterocycles. The Kier molecular flexibility index (Phi) is 6.80. The average Bonchev–Trinajstić information content (AvgIpc) is 3.80. The number of hydrogen-bond donors (Lipinski definition) is 0. The van der Waals surface area contributed by atoms with Gasteiger partial charge in [-0.05, 0) is 36.0 Å². The normalized spacial score (nSPS) is 15.6. The van der Waals surface area contributed by atoms with E-state index < -0.39 is 0 Å². The van der Waals surface area contributed by atoms with Gasteiger partial charge in [0.2, 0.25) is 5.43 Å². The van der Waals surface area contributed by atoms with Crippen LogP contribution in [-0.2, 0) is 6.61 Å². The Labute approximate surface area is 227 Å². The van der Waals surface area contributed by atoms with Crippen LogP contribution in [0.15, 0.2) is 102 Å². The van der Waals surface area contributed by atoms with Crippen molar-refractivity contribution in [1.82, 2.24) is 9.58 Å². The Bertz CT molecular complexity index is 1520. The summed E-state index contributed by atoms with van der Waals surface area (Å²) in [6, 6.07) is 28.9.